The number of hydrogen-bond acceptors (Lipinski definition) is 3. The zero-order valence-corrected chi connectivity index (χ0v) is 14.1. The van der Waals surface area contributed by atoms with Gasteiger partial charge in [-0.3, -0.25) is 4.79 Å². The van der Waals surface area contributed by atoms with Gasteiger partial charge in [-0.1, -0.05) is 48.5 Å². The van der Waals surface area contributed by atoms with Gasteiger partial charge in [-0.2, -0.15) is 0 Å². The second-order valence-corrected chi connectivity index (χ2v) is 6.82. The lowest BCUT2D eigenvalue weighted by atomic mass is 10.0. The Labute approximate surface area is 145 Å². The Hall–Kier alpha value is -2.46. The lowest BCUT2D eigenvalue weighted by molar-refractivity contribution is -0.118. The smallest absolute Gasteiger partial charge is 0.233 e. The normalized spacial score (nSPS) is 13.6. The summed E-state index contributed by atoms with van der Waals surface area (Å²) in [6, 6.07) is 18.3. The van der Waals surface area contributed by atoms with E-state index in [1.807, 2.05) is 58.8 Å². The molecule has 0 atom stereocenters. The van der Waals surface area contributed by atoms with Crippen LogP contribution < -0.4 is 4.90 Å². The van der Waals surface area contributed by atoms with Crippen LogP contribution in [0.15, 0.2) is 60.0 Å². The fourth-order valence-corrected chi connectivity index (χ4v) is 3.97. The molecule has 0 spiro atoms. The van der Waals surface area contributed by atoms with Crippen LogP contribution >= 0.6 is 11.3 Å². The number of hydrogen-bond donors (Lipinski definition) is 0. The minimum atomic E-state index is 0.132. The highest BCUT2D eigenvalue weighted by Crippen LogP contribution is 2.28. The third-order valence-electron chi connectivity index (χ3n) is 4.32. The van der Waals surface area contributed by atoms with Gasteiger partial charge in [0.15, 0.2) is 0 Å². The van der Waals surface area contributed by atoms with Crippen molar-refractivity contribution in [2.45, 2.75) is 19.3 Å². The molecule has 2 aromatic carbocycles. The number of anilines is 1. The molecule has 0 saturated carbocycles. The first-order valence-corrected chi connectivity index (χ1v) is 9.07. The quantitative estimate of drug-likeness (QED) is 0.714. The van der Waals surface area contributed by atoms with E-state index < -0.39 is 0 Å². The highest BCUT2D eigenvalue weighted by Gasteiger charge is 2.22. The molecule has 1 aromatic heterocycles. The monoisotopic (exact) mass is 334 g/mol. The number of carbonyl (C=O) groups excluding carboxylic acids is 1. The Balaban J connectivity index is 1.53. The summed E-state index contributed by atoms with van der Waals surface area (Å²) in [4.78, 5) is 19.3. The first-order chi connectivity index (χ1) is 11.8. The number of para-hydroxylation sites is 1. The van der Waals surface area contributed by atoms with Crippen LogP contribution in [0.5, 0.6) is 0 Å². The van der Waals surface area contributed by atoms with Gasteiger partial charge < -0.3 is 4.90 Å². The molecule has 120 valence electrons. The van der Waals surface area contributed by atoms with Crippen molar-refractivity contribution in [3.8, 4) is 10.6 Å². The number of thiazole rings is 1. The van der Waals surface area contributed by atoms with Crippen LogP contribution in [0, 0.1) is 0 Å². The van der Waals surface area contributed by atoms with E-state index in [0.29, 0.717) is 6.42 Å². The van der Waals surface area contributed by atoms with Crippen LogP contribution in [0.4, 0.5) is 5.69 Å². The van der Waals surface area contributed by atoms with Gasteiger partial charge in [0, 0.05) is 23.2 Å². The Bertz CT molecular complexity index is 857. The molecule has 2 heterocycles. The van der Waals surface area contributed by atoms with Gasteiger partial charge in [-0.15, -0.1) is 11.3 Å². The van der Waals surface area contributed by atoms with Gasteiger partial charge in [0.05, 0.1) is 12.1 Å². The summed E-state index contributed by atoms with van der Waals surface area (Å²) in [5.41, 5.74) is 4.28. The average molecular weight is 334 g/mol. The fraction of sp³-hybridized carbons (Fsp3) is 0.200. The van der Waals surface area contributed by atoms with E-state index in [1.165, 1.54) is 5.56 Å². The molecule has 1 amide bonds. The Morgan fingerprint density at radius 3 is 2.75 bits per heavy atom. The maximum atomic E-state index is 12.8. The Kier molecular flexibility index (Phi) is 4.13. The van der Waals surface area contributed by atoms with Crippen molar-refractivity contribution >= 4 is 22.9 Å². The predicted molar refractivity (Wildman–Crippen MR) is 98.4 cm³/mol. The topological polar surface area (TPSA) is 33.2 Å². The van der Waals surface area contributed by atoms with Gasteiger partial charge in [0.25, 0.3) is 0 Å². The first kappa shape index (κ1) is 15.1. The lowest BCUT2D eigenvalue weighted by Crippen LogP contribution is -2.36. The van der Waals surface area contributed by atoms with E-state index in [1.54, 1.807) is 11.3 Å². The number of aromatic nitrogens is 1. The summed E-state index contributed by atoms with van der Waals surface area (Å²) in [7, 11) is 0. The maximum absolute atomic E-state index is 12.8. The van der Waals surface area contributed by atoms with Gasteiger partial charge in [-0.05, 0) is 24.5 Å². The number of rotatable bonds is 3. The molecule has 3 nitrogen and oxygen atoms in total. The van der Waals surface area contributed by atoms with E-state index >= 15 is 0 Å². The van der Waals surface area contributed by atoms with Crippen LogP contribution in [0.2, 0.25) is 0 Å². The van der Waals surface area contributed by atoms with Crippen LogP contribution in [0.3, 0.4) is 0 Å². The third kappa shape index (κ3) is 2.97. The van der Waals surface area contributed by atoms with Crippen molar-refractivity contribution in [2.75, 3.05) is 11.4 Å². The van der Waals surface area contributed by atoms with Crippen LogP contribution in [-0.2, 0) is 17.6 Å². The van der Waals surface area contributed by atoms with Crippen molar-refractivity contribution < 1.29 is 4.79 Å². The Morgan fingerprint density at radius 1 is 1.08 bits per heavy atom. The van der Waals surface area contributed by atoms with E-state index in [2.05, 4.69) is 11.1 Å². The van der Waals surface area contributed by atoms with Crippen LogP contribution in [0.25, 0.3) is 10.6 Å². The molecule has 0 bridgehead atoms. The molecule has 4 heteroatoms. The summed E-state index contributed by atoms with van der Waals surface area (Å²) < 4.78 is 0. The third-order valence-corrected chi connectivity index (χ3v) is 5.26. The Morgan fingerprint density at radius 2 is 1.88 bits per heavy atom. The van der Waals surface area contributed by atoms with Gasteiger partial charge in [0.2, 0.25) is 5.91 Å². The van der Waals surface area contributed by atoms with Crippen molar-refractivity contribution in [2.24, 2.45) is 0 Å². The molecule has 1 aliphatic rings. The fourth-order valence-electron chi connectivity index (χ4n) is 3.14. The molecule has 0 unspecified atom stereocenters. The molecule has 0 N–H and O–H groups in total. The number of carbonyl (C=O) groups is 1. The molecule has 1 aliphatic heterocycles. The van der Waals surface area contributed by atoms with E-state index in [9.17, 15) is 4.79 Å². The zero-order chi connectivity index (χ0) is 16.4. The number of benzene rings is 2. The minimum Gasteiger partial charge on any atom is -0.312 e. The molecule has 0 radical (unpaired) electrons. The summed E-state index contributed by atoms with van der Waals surface area (Å²) in [5.74, 6) is 0.132. The van der Waals surface area contributed by atoms with Crippen molar-refractivity contribution in [1.29, 1.82) is 0 Å². The summed E-state index contributed by atoms with van der Waals surface area (Å²) in [6.07, 6.45) is 2.43. The second kappa shape index (κ2) is 6.57. The summed E-state index contributed by atoms with van der Waals surface area (Å²) in [5, 5.41) is 2.97. The molecular weight excluding hydrogens is 316 g/mol. The first-order valence-electron chi connectivity index (χ1n) is 8.19. The van der Waals surface area contributed by atoms with Gasteiger partial charge in [0.1, 0.15) is 5.01 Å². The SMILES string of the molecule is O=C(Cc1csc(-c2ccccc2)n1)N1CCCc2ccccc21. The highest BCUT2D eigenvalue weighted by molar-refractivity contribution is 7.13. The van der Waals surface area contributed by atoms with Crippen molar-refractivity contribution in [3.63, 3.8) is 0 Å². The van der Waals surface area contributed by atoms with Crippen LogP contribution in [-0.4, -0.2) is 17.4 Å². The van der Waals surface area contributed by atoms with Gasteiger partial charge in [-0.25, -0.2) is 4.98 Å². The van der Waals surface area contributed by atoms with Crippen molar-refractivity contribution in [3.05, 3.63) is 71.2 Å². The van der Waals surface area contributed by atoms with E-state index in [4.69, 9.17) is 0 Å². The maximum Gasteiger partial charge on any atom is 0.233 e. The zero-order valence-electron chi connectivity index (χ0n) is 13.3. The molecule has 0 saturated heterocycles. The number of aryl methyl sites for hydroxylation is 1. The number of nitrogens with zero attached hydrogens (tertiary/aromatic N) is 2. The molecular formula is C20H18N2OS. The second-order valence-electron chi connectivity index (χ2n) is 5.96. The molecule has 24 heavy (non-hydrogen) atoms. The molecule has 4 rings (SSSR count). The minimum absolute atomic E-state index is 0.132. The average Bonchev–Trinajstić information content (AvgIpc) is 3.10. The van der Waals surface area contributed by atoms with Crippen molar-refractivity contribution in [1.82, 2.24) is 4.98 Å². The highest BCUT2D eigenvalue weighted by atomic mass is 32.1. The van der Waals surface area contributed by atoms with Gasteiger partial charge >= 0.3 is 0 Å². The molecule has 0 fully saturated rings. The summed E-state index contributed by atoms with van der Waals surface area (Å²) >= 11 is 1.60. The lowest BCUT2D eigenvalue weighted by Gasteiger charge is -2.29. The molecule has 0 aliphatic carbocycles. The largest absolute Gasteiger partial charge is 0.312 e. The van der Waals surface area contributed by atoms with E-state index in [-0.39, 0.29) is 5.91 Å². The van der Waals surface area contributed by atoms with Crippen LogP contribution in [0.1, 0.15) is 17.7 Å². The summed E-state index contributed by atoms with van der Waals surface area (Å²) in [6.45, 7) is 0.797. The van der Waals surface area contributed by atoms with E-state index in [0.717, 1.165) is 41.3 Å². The standard InChI is InChI=1S/C20H18N2OS/c23-19(22-12-6-10-15-7-4-5-11-18(15)22)13-17-14-24-20(21-17)16-8-2-1-3-9-16/h1-5,7-9,11,14H,6,10,12-13H2. The number of amides is 1. The number of fused-ring (bicyclic) bond motifs is 1. The molecule has 3 aromatic rings. The predicted octanol–water partition coefficient (Wildman–Crippen LogP) is 4.33.